The molecular formula is C12H19N3. The van der Waals surface area contributed by atoms with Gasteiger partial charge in [-0.25, -0.2) is 4.98 Å². The highest BCUT2D eigenvalue weighted by Crippen LogP contribution is 2.07. The van der Waals surface area contributed by atoms with E-state index in [9.17, 15) is 0 Å². The molecule has 3 N–H and O–H groups in total. The van der Waals surface area contributed by atoms with Crippen molar-refractivity contribution in [1.29, 1.82) is 0 Å². The number of hydrogen-bond acceptors (Lipinski definition) is 3. The van der Waals surface area contributed by atoms with Crippen molar-refractivity contribution in [2.45, 2.75) is 19.8 Å². The van der Waals surface area contributed by atoms with E-state index in [-0.39, 0.29) is 0 Å². The van der Waals surface area contributed by atoms with Crippen LogP contribution in [0.2, 0.25) is 0 Å². The Morgan fingerprint density at radius 1 is 1.47 bits per heavy atom. The molecule has 0 aliphatic heterocycles. The molecule has 82 valence electrons. The molecule has 0 unspecified atom stereocenters. The molecule has 1 rings (SSSR count). The fourth-order valence-electron chi connectivity index (χ4n) is 1.31. The van der Waals surface area contributed by atoms with Crippen LogP contribution in [0.1, 0.15) is 18.9 Å². The van der Waals surface area contributed by atoms with Gasteiger partial charge < -0.3 is 11.1 Å². The summed E-state index contributed by atoms with van der Waals surface area (Å²) in [5, 5.41) is 3.27. The van der Waals surface area contributed by atoms with Crippen molar-refractivity contribution in [2.24, 2.45) is 0 Å². The lowest BCUT2D eigenvalue weighted by atomic mass is 10.2. The zero-order valence-corrected chi connectivity index (χ0v) is 9.24. The van der Waals surface area contributed by atoms with Gasteiger partial charge in [-0.05, 0) is 37.6 Å². The average Bonchev–Trinajstić information content (AvgIpc) is 2.25. The molecule has 0 aliphatic rings. The largest absolute Gasteiger partial charge is 0.383 e. The molecule has 0 bridgehead atoms. The highest BCUT2D eigenvalue weighted by molar-refractivity contribution is 5.39. The fraction of sp³-hybridized carbons (Fsp3) is 0.417. The van der Waals surface area contributed by atoms with Crippen molar-refractivity contribution in [1.82, 2.24) is 10.3 Å². The first-order valence-corrected chi connectivity index (χ1v) is 5.39. The summed E-state index contributed by atoms with van der Waals surface area (Å²) in [4.78, 5) is 4.04. The minimum absolute atomic E-state index is 0.633. The van der Waals surface area contributed by atoms with Gasteiger partial charge in [-0.15, -0.1) is 0 Å². The highest BCUT2D eigenvalue weighted by Gasteiger charge is 1.94. The minimum Gasteiger partial charge on any atom is -0.383 e. The van der Waals surface area contributed by atoms with Gasteiger partial charge in [0.15, 0.2) is 0 Å². The third-order valence-corrected chi connectivity index (χ3v) is 2.17. The second kappa shape index (κ2) is 7.01. The number of aromatic nitrogens is 1. The lowest BCUT2D eigenvalue weighted by Gasteiger charge is -2.00. The van der Waals surface area contributed by atoms with Crippen molar-refractivity contribution in [2.75, 3.05) is 18.8 Å². The van der Waals surface area contributed by atoms with Gasteiger partial charge in [0.1, 0.15) is 5.82 Å². The molecule has 0 saturated carbocycles. The average molecular weight is 205 g/mol. The number of nitrogens with two attached hydrogens (primary N) is 1. The first-order valence-electron chi connectivity index (χ1n) is 5.39. The van der Waals surface area contributed by atoms with Gasteiger partial charge in [0.25, 0.3) is 0 Å². The van der Waals surface area contributed by atoms with Crippen LogP contribution in [0.5, 0.6) is 0 Å². The first-order chi connectivity index (χ1) is 7.34. The third kappa shape index (κ3) is 4.61. The van der Waals surface area contributed by atoms with Crippen LogP contribution in [-0.4, -0.2) is 18.1 Å². The lowest BCUT2D eigenvalue weighted by molar-refractivity contribution is 0.726. The van der Waals surface area contributed by atoms with E-state index in [1.807, 2.05) is 12.1 Å². The Hall–Kier alpha value is -1.35. The van der Waals surface area contributed by atoms with Gasteiger partial charge in [-0.1, -0.05) is 25.1 Å². The monoisotopic (exact) mass is 205 g/mol. The fourth-order valence-corrected chi connectivity index (χ4v) is 1.31. The zero-order chi connectivity index (χ0) is 10.9. The Kier molecular flexibility index (Phi) is 5.48. The minimum atomic E-state index is 0.633. The van der Waals surface area contributed by atoms with E-state index >= 15 is 0 Å². The number of rotatable bonds is 6. The molecule has 0 radical (unpaired) electrons. The van der Waals surface area contributed by atoms with Gasteiger partial charge in [0, 0.05) is 6.20 Å². The second-order valence-electron chi connectivity index (χ2n) is 3.37. The Balaban J connectivity index is 2.28. The summed E-state index contributed by atoms with van der Waals surface area (Å²) in [5.74, 6) is 0.633. The number of nitrogens with zero attached hydrogens (tertiary/aromatic N) is 1. The molecule has 0 amide bonds. The van der Waals surface area contributed by atoms with Crippen LogP contribution in [0.3, 0.4) is 0 Å². The van der Waals surface area contributed by atoms with E-state index in [0.717, 1.165) is 31.5 Å². The summed E-state index contributed by atoms with van der Waals surface area (Å²) in [5.41, 5.74) is 6.82. The van der Waals surface area contributed by atoms with E-state index in [1.54, 1.807) is 6.20 Å². The molecule has 1 heterocycles. The smallest absolute Gasteiger partial charge is 0.126 e. The van der Waals surface area contributed by atoms with E-state index in [1.165, 1.54) is 0 Å². The summed E-state index contributed by atoms with van der Waals surface area (Å²) >= 11 is 0. The topological polar surface area (TPSA) is 50.9 Å². The van der Waals surface area contributed by atoms with Gasteiger partial charge in [-0.3, -0.25) is 0 Å². The Labute approximate surface area is 91.4 Å². The molecule has 0 saturated heterocycles. The van der Waals surface area contributed by atoms with Crippen LogP contribution >= 0.6 is 0 Å². The van der Waals surface area contributed by atoms with Crippen molar-refractivity contribution >= 4 is 5.82 Å². The number of anilines is 1. The SMILES string of the molecule is CCNCCC=CCc1cccnc1N. The third-order valence-electron chi connectivity index (χ3n) is 2.17. The summed E-state index contributed by atoms with van der Waals surface area (Å²) in [6.45, 7) is 4.18. The maximum Gasteiger partial charge on any atom is 0.126 e. The molecule has 3 nitrogen and oxygen atoms in total. The van der Waals surface area contributed by atoms with E-state index in [2.05, 4.69) is 29.4 Å². The highest BCUT2D eigenvalue weighted by atomic mass is 14.8. The number of nitrogen functional groups attached to an aromatic ring is 1. The predicted molar refractivity (Wildman–Crippen MR) is 64.7 cm³/mol. The van der Waals surface area contributed by atoms with Crippen LogP contribution in [0, 0.1) is 0 Å². The van der Waals surface area contributed by atoms with E-state index in [0.29, 0.717) is 5.82 Å². The molecular weight excluding hydrogens is 186 g/mol. The lowest BCUT2D eigenvalue weighted by Crippen LogP contribution is -2.12. The number of nitrogens with one attached hydrogen (secondary N) is 1. The Morgan fingerprint density at radius 3 is 3.07 bits per heavy atom. The van der Waals surface area contributed by atoms with E-state index < -0.39 is 0 Å². The van der Waals surface area contributed by atoms with Crippen LogP contribution in [0.25, 0.3) is 0 Å². The standard InChI is InChI=1S/C12H19N3/c1-2-14-9-5-3-4-7-11-8-6-10-15-12(11)13/h3-4,6,8,10,14H,2,5,7,9H2,1H3,(H2,13,15). The first kappa shape index (κ1) is 11.7. The molecule has 0 aromatic carbocycles. The predicted octanol–water partition coefficient (Wildman–Crippen LogP) is 1.76. The van der Waals surface area contributed by atoms with Gasteiger partial charge in [-0.2, -0.15) is 0 Å². The van der Waals surface area contributed by atoms with Gasteiger partial charge >= 0.3 is 0 Å². The van der Waals surface area contributed by atoms with Gasteiger partial charge in [0.2, 0.25) is 0 Å². The summed E-state index contributed by atoms with van der Waals surface area (Å²) in [6, 6.07) is 3.93. The van der Waals surface area contributed by atoms with Crippen molar-refractivity contribution in [3.63, 3.8) is 0 Å². The maximum absolute atomic E-state index is 5.73. The van der Waals surface area contributed by atoms with Crippen molar-refractivity contribution in [3.8, 4) is 0 Å². The van der Waals surface area contributed by atoms with E-state index in [4.69, 9.17) is 5.73 Å². The summed E-state index contributed by atoms with van der Waals surface area (Å²) in [7, 11) is 0. The van der Waals surface area contributed by atoms with Crippen LogP contribution in [-0.2, 0) is 6.42 Å². The molecule has 0 aliphatic carbocycles. The Morgan fingerprint density at radius 2 is 2.33 bits per heavy atom. The van der Waals surface area contributed by atoms with Crippen LogP contribution in [0.15, 0.2) is 30.5 Å². The number of allylic oxidation sites excluding steroid dienone is 1. The summed E-state index contributed by atoms with van der Waals surface area (Å²) < 4.78 is 0. The molecule has 1 aromatic heterocycles. The molecule has 15 heavy (non-hydrogen) atoms. The molecule has 0 spiro atoms. The molecule has 3 heteroatoms. The maximum atomic E-state index is 5.73. The van der Waals surface area contributed by atoms with Gasteiger partial charge in [0.05, 0.1) is 0 Å². The molecule has 0 fully saturated rings. The normalized spacial score (nSPS) is 11.0. The Bertz CT molecular complexity index is 307. The van der Waals surface area contributed by atoms with Crippen LogP contribution < -0.4 is 11.1 Å². The quantitative estimate of drug-likeness (QED) is 0.549. The van der Waals surface area contributed by atoms with Crippen LogP contribution in [0.4, 0.5) is 5.82 Å². The van der Waals surface area contributed by atoms with Crippen molar-refractivity contribution in [3.05, 3.63) is 36.0 Å². The number of pyridine rings is 1. The molecule has 1 aromatic rings. The molecule has 0 atom stereocenters. The summed E-state index contributed by atoms with van der Waals surface area (Å²) in [6.07, 6.45) is 7.97. The second-order valence-corrected chi connectivity index (χ2v) is 3.37. The number of hydrogen-bond donors (Lipinski definition) is 2. The zero-order valence-electron chi connectivity index (χ0n) is 9.24. The van der Waals surface area contributed by atoms with Crippen molar-refractivity contribution < 1.29 is 0 Å².